The van der Waals surface area contributed by atoms with E-state index in [0.717, 1.165) is 0 Å². The number of esters is 1. The molecule has 1 N–H and O–H groups in total. The molecule has 0 bridgehead atoms. The van der Waals surface area contributed by atoms with Gasteiger partial charge in [0.05, 0.1) is 30.2 Å². The first-order valence-corrected chi connectivity index (χ1v) is 8.52. The zero-order valence-corrected chi connectivity index (χ0v) is 14.4. The molecule has 0 saturated carbocycles. The second kappa shape index (κ2) is 5.75. The van der Waals surface area contributed by atoms with E-state index in [2.05, 4.69) is 0 Å². The summed E-state index contributed by atoms with van der Waals surface area (Å²) in [7, 11) is 1.40. The highest BCUT2D eigenvalue weighted by atomic mass is 16.7. The molecule has 0 spiro atoms. The molecule has 3 aliphatic rings. The van der Waals surface area contributed by atoms with Gasteiger partial charge in [0.1, 0.15) is 11.9 Å². The predicted molar refractivity (Wildman–Crippen MR) is 87.9 cm³/mol. The van der Waals surface area contributed by atoms with E-state index in [-0.39, 0.29) is 40.9 Å². The zero-order valence-electron chi connectivity index (χ0n) is 14.4. The van der Waals surface area contributed by atoms with Crippen LogP contribution in [0.5, 0.6) is 5.75 Å². The summed E-state index contributed by atoms with van der Waals surface area (Å²) in [6, 6.07) is 4.72. The summed E-state index contributed by atoms with van der Waals surface area (Å²) in [6.45, 7) is 1.83. The van der Waals surface area contributed by atoms with E-state index in [1.165, 1.54) is 13.2 Å². The maximum absolute atomic E-state index is 13.3. The first kappa shape index (κ1) is 16.9. The van der Waals surface area contributed by atoms with Crippen LogP contribution in [-0.2, 0) is 14.3 Å². The summed E-state index contributed by atoms with van der Waals surface area (Å²) in [4.78, 5) is 38.2. The summed E-state index contributed by atoms with van der Waals surface area (Å²) in [5, 5.41) is 11.1. The fraction of sp³-hybridized carbons (Fsp3) is 0.421. The van der Waals surface area contributed by atoms with Crippen molar-refractivity contribution in [2.24, 2.45) is 0 Å². The Morgan fingerprint density at radius 3 is 2.73 bits per heavy atom. The largest absolute Gasteiger partial charge is 0.496 e. The Balaban J connectivity index is 1.97. The van der Waals surface area contributed by atoms with Crippen molar-refractivity contribution in [3.8, 4) is 5.75 Å². The van der Waals surface area contributed by atoms with Crippen molar-refractivity contribution in [3.05, 3.63) is 40.5 Å². The van der Waals surface area contributed by atoms with Crippen LogP contribution in [0, 0.1) is 0 Å². The van der Waals surface area contributed by atoms with Crippen molar-refractivity contribution in [2.45, 2.75) is 44.2 Å². The van der Waals surface area contributed by atoms with Crippen LogP contribution in [0.2, 0.25) is 0 Å². The summed E-state index contributed by atoms with van der Waals surface area (Å²) >= 11 is 0. The molecule has 7 heteroatoms. The molecule has 1 fully saturated rings. The van der Waals surface area contributed by atoms with Gasteiger partial charge in [-0.05, 0) is 6.07 Å². The minimum Gasteiger partial charge on any atom is -0.496 e. The molecule has 26 heavy (non-hydrogen) atoms. The maximum Gasteiger partial charge on any atom is 0.309 e. The molecule has 0 radical (unpaired) electrons. The van der Waals surface area contributed by atoms with E-state index in [1.54, 1.807) is 12.1 Å². The van der Waals surface area contributed by atoms with Crippen LogP contribution in [0.4, 0.5) is 0 Å². The highest BCUT2D eigenvalue weighted by Gasteiger charge is 2.57. The monoisotopic (exact) mass is 358 g/mol. The summed E-state index contributed by atoms with van der Waals surface area (Å²) in [6.07, 6.45) is -1.21. The predicted octanol–water partition coefficient (Wildman–Crippen LogP) is 1.57. The normalized spacial score (nSPS) is 29.9. The average molecular weight is 358 g/mol. The van der Waals surface area contributed by atoms with Crippen LogP contribution in [-0.4, -0.2) is 47.7 Å². The molecule has 4 rings (SSSR count). The Kier molecular flexibility index (Phi) is 3.75. The summed E-state index contributed by atoms with van der Waals surface area (Å²) in [5.74, 6) is -3.20. The van der Waals surface area contributed by atoms with Gasteiger partial charge >= 0.3 is 5.97 Å². The van der Waals surface area contributed by atoms with Gasteiger partial charge in [0.15, 0.2) is 23.5 Å². The number of Topliss-reactive ketones (excluding diaryl/α,β-unsaturated/α-hetero) is 2. The summed E-state index contributed by atoms with van der Waals surface area (Å²) < 4.78 is 16.2. The van der Waals surface area contributed by atoms with Gasteiger partial charge in [-0.3, -0.25) is 14.4 Å². The van der Waals surface area contributed by atoms with Crippen LogP contribution in [0.3, 0.4) is 0 Å². The number of rotatable bonds is 3. The summed E-state index contributed by atoms with van der Waals surface area (Å²) in [5.41, 5.74) is 0.154. The van der Waals surface area contributed by atoms with Crippen molar-refractivity contribution in [3.63, 3.8) is 0 Å². The van der Waals surface area contributed by atoms with Gasteiger partial charge in [0.25, 0.3) is 0 Å². The number of carbonyl (C=O) groups excluding carboxylic acids is 3. The standard InChI is InChI=1S/C19H18O7/c1-3-7-19(23)15-14(18-11(26-19)8-12(20)25-18)16(21)9-5-4-6-10(24-2)13(9)17(15)22/h4-6,11,18,23H,3,7-8H2,1-2H3/t11-,18+,19+/m1/s1. The highest BCUT2D eigenvalue weighted by Crippen LogP contribution is 2.47. The number of aliphatic hydroxyl groups is 1. The fourth-order valence-electron chi connectivity index (χ4n) is 4.01. The number of benzene rings is 1. The molecule has 1 aromatic rings. The number of hydrogen-bond acceptors (Lipinski definition) is 7. The lowest BCUT2D eigenvalue weighted by atomic mass is 9.75. The topological polar surface area (TPSA) is 99.1 Å². The Hall–Kier alpha value is -2.51. The first-order valence-electron chi connectivity index (χ1n) is 8.52. The highest BCUT2D eigenvalue weighted by molar-refractivity contribution is 6.29. The van der Waals surface area contributed by atoms with Crippen LogP contribution in [0.1, 0.15) is 46.9 Å². The molecule has 0 unspecified atom stereocenters. The number of ether oxygens (including phenoxy) is 3. The smallest absolute Gasteiger partial charge is 0.309 e. The van der Waals surface area contributed by atoms with E-state index < -0.39 is 35.5 Å². The molecule has 1 aromatic carbocycles. The van der Waals surface area contributed by atoms with E-state index in [9.17, 15) is 19.5 Å². The van der Waals surface area contributed by atoms with Crippen molar-refractivity contribution < 1.29 is 33.7 Å². The fourth-order valence-corrected chi connectivity index (χ4v) is 4.01. The van der Waals surface area contributed by atoms with Crippen molar-refractivity contribution in [1.29, 1.82) is 0 Å². The third-order valence-corrected chi connectivity index (χ3v) is 5.03. The van der Waals surface area contributed by atoms with E-state index in [1.807, 2.05) is 6.92 Å². The quantitative estimate of drug-likeness (QED) is 0.819. The Morgan fingerprint density at radius 2 is 2.04 bits per heavy atom. The Labute approximate surface area is 149 Å². The Morgan fingerprint density at radius 1 is 1.27 bits per heavy atom. The molecular weight excluding hydrogens is 340 g/mol. The van der Waals surface area contributed by atoms with Gasteiger partial charge in [0.2, 0.25) is 0 Å². The van der Waals surface area contributed by atoms with Gasteiger partial charge in [0, 0.05) is 12.0 Å². The molecule has 7 nitrogen and oxygen atoms in total. The lowest BCUT2D eigenvalue weighted by molar-refractivity contribution is -0.221. The van der Waals surface area contributed by atoms with Gasteiger partial charge in [-0.2, -0.15) is 0 Å². The first-order chi connectivity index (χ1) is 12.4. The molecule has 2 aliphatic heterocycles. The molecule has 2 heterocycles. The van der Waals surface area contributed by atoms with Crippen molar-refractivity contribution in [2.75, 3.05) is 7.11 Å². The maximum atomic E-state index is 13.3. The number of carbonyl (C=O) groups is 3. The minimum absolute atomic E-state index is 0.0220. The molecular formula is C19H18O7. The Bertz CT molecular complexity index is 869. The number of methoxy groups -OCH3 is 1. The van der Waals surface area contributed by atoms with Gasteiger partial charge in [-0.15, -0.1) is 0 Å². The molecule has 1 saturated heterocycles. The second-order valence-electron chi connectivity index (χ2n) is 6.64. The van der Waals surface area contributed by atoms with Gasteiger partial charge in [-0.1, -0.05) is 25.5 Å². The number of fused-ring (bicyclic) bond motifs is 3. The lowest BCUT2D eigenvalue weighted by Crippen LogP contribution is -2.52. The van der Waals surface area contributed by atoms with Gasteiger partial charge < -0.3 is 19.3 Å². The van der Waals surface area contributed by atoms with Crippen LogP contribution < -0.4 is 4.74 Å². The third-order valence-electron chi connectivity index (χ3n) is 5.03. The zero-order chi connectivity index (χ0) is 18.6. The molecule has 0 amide bonds. The van der Waals surface area contributed by atoms with Crippen molar-refractivity contribution in [1.82, 2.24) is 0 Å². The number of ketones is 2. The molecule has 3 atom stereocenters. The molecule has 0 aromatic heterocycles. The van der Waals surface area contributed by atoms with Crippen LogP contribution in [0.15, 0.2) is 29.3 Å². The van der Waals surface area contributed by atoms with E-state index in [0.29, 0.717) is 6.42 Å². The average Bonchev–Trinajstić information content (AvgIpc) is 2.97. The van der Waals surface area contributed by atoms with E-state index in [4.69, 9.17) is 14.2 Å². The van der Waals surface area contributed by atoms with Crippen LogP contribution in [0.25, 0.3) is 0 Å². The van der Waals surface area contributed by atoms with E-state index >= 15 is 0 Å². The lowest BCUT2D eigenvalue weighted by Gasteiger charge is -2.42. The second-order valence-corrected chi connectivity index (χ2v) is 6.64. The minimum atomic E-state index is -1.94. The molecule has 136 valence electrons. The number of hydrogen-bond donors (Lipinski definition) is 1. The van der Waals surface area contributed by atoms with Crippen LogP contribution >= 0.6 is 0 Å². The SMILES string of the molecule is CCC[C@]1(O)O[C@@H]2CC(=O)O[C@@H]2C2=C1C(=O)c1c(OC)cccc1C2=O. The van der Waals surface area contributed by atoms with Gasteiger partial charge in [-0.25, -0.2) is 0 Å². The molecule has 1 aliphatic carbocycles. The van der Waals surface area contributed by atoms with Crippen molar-refractivity contribution >= 4 is 17.5 Å². The third kappa shape index (κ3) is 2.17.